The van der Waals surface area contributed by atoms with E-state index in [9.17, 15) is 9.18 Å². The lowest BCUT2D eigenvalue weighted by Gasteiger charge is -2.14. The third-order valence-corrected chi connectivity index (χ3v) is 4.56. The van der Waals surface area contributed by atoms with Crippen LogP contribution in [0, 0.1) is 12.7 Å². The van der Waals surface area contributed by atoms with Gasteiger partial charge in [-0.05, 0) is 42.5 Å². The Hall–Kier alpha value is -3.28. The lowest BCUT2D eigenvalue weighted by Crippen LogP contribution is -2.17. The van der Waals surface area contributed by atoms with E-state index in [2.05, 4.69) is 34.4 Å². The predicted molar refractivity (Wildman–Crippen MR) is 114 cm³/mol. The number of halogens is 1. The summed E-state index contributed by atoms with van der Waals surface area (Å²) in [7, 11) is 0. The first-order valence-corrected chi connectivity index (χ1v) is 9.67. The fourth-order valence-electron chi connectivity index (χ4n) is 3.10. The van der Waals surface area contributed by atoms with Gasteiger partial charge in [0.25, 0.3) is 5.91 Å². The normalized spacial score (nSPS) is 10.8. The molecule has 1 aromatic heterocycles. The number of carbonyl (C=O) groups is 1. The molecule has 0 saturated heterocycles. The lowest BCUT2D eigenvalue weighted by molar-refractivity contribution is 0.102. The summed E-state index contributed by atoms with van der Waals surface area (Å²) in [4.78, 5) is 21.3. The summed E-state index contributed by atoms with van der Waals surface area (Å²) in [6, 6.07) is 16.0. The Morgan fingerprint density at radius 1 is 1.07 bits per heavy atom. The van der Waals surface area contributed by atoms with Crippen LogP contribution in [0.1, 0.15) is 47.2 Å². The summed E-state index contributed by atoms with van der Waals surface area (Å²) >= 11 is 0. The van der Waals surface area contributed by atoms with Crippen LogP contribution < -0.4 is 10.6 Å². The highest BCUT2D eigenvalue weighted by Gasteiger charge is 2.14. The van der Waals surface area contributed by atoms with Gasteiger partial charge in [0, 0.05) is 18.3 Å². The molecule has 29 heavy (non-hydrogen) atoms. The average Bonchev–Trinajstić information content (AvgIpc) is 2.69. The van der Waals surface area contributed by atoms with Crippen molar-refractivity contribution in [3.05, 3.63) is 83.1 Å². The van der Waals surface area contributed by atoms with Crippen LogP contribution in [0.4, 0.5) is 15.9 Å². The first kappa shape index (κ1) is 20.5. The molecule has 0 radical (unpaired) electrons. The molecule has 5 nitrogen and oxygen atoms in total. The van der Waals surface area contributed by atoms with Gasteiger partial charge in [-0.1, -0.05) is 50.2 Å². The van der Waals surface area contributed by atoms with Crippen LogP contribution in [0.15, 0.2) is 54.6 Å². The Labute approximate surface area is 170 Å². The SMILES string of the molecule is Cc1nc(NCCc2ccccc2F)cc(C(=O)Nc2ccccc2C(C)C)n1. The molecule has 0 spiro atoms. The summed E-state index contributed by atoms with van der Waals surface area (Å²) in [5.74, 6) is 0.798. The number of nitrogens with one attached hydrogen (secondary N) is 2. The minimum atomic E-state index is -0.291. The number of nitrogens with zero attached hydrogens (tertiary/aromatic N) is 2. The highest BCUT2D eigenvalue weighted by Crippen LogP contribution is 2.24. The monoisotopic (exact) mass is 392 g/mol. The molecule has 1 heterocycles. The number of benzene rings is 2. The Kier molecular flexibility index (Phi) is 6.54. The fourth-order valence-corrected chi connectivity index (χ4v) is 3.10. The topological polar surface area (TPSA) is 66.9 Å². The van der Waals surface area contributed by atoms with Gasteiger partial charge in [-0.15, -0.1) is 0 Å². The van der Waals surface area contributed by atoms with Gasteiger partial charge in [0.2, 0.25) is 0 Å². The molecule has 0 aliphatic heterocycles. The van der Waals surface area contributed by atoms with Crippen molar-refractivity contribution in [1.29, 1.82) is 0 Å². The van der Waals surface area contributed by atoms with Crippen LogP contribution in [-0.2, 0) is 6.42 Å². The first-order valence-electron chi connectivity index (χ1n) is 9.67. The van der Waals surface area contributed by atoms with Gasteiger partial charge in [-0.3, -0.25) is 4.79 Å². The smallest absolute Gasteiger partial charge is 0.274 e. The third kappa shape index (κ3) is 5.38. The molecule has 3 rings (SSSR count). The summed E-state index contributed by atoms with van der Waals surface area (Å²) in [6.45, 7) is 6.39. The third-order valence-electron chi connectivity index (χ3n) is 4.56. The molecule has 0 saturated carbocycles. The second kappa shape index (κ2) is 9.28. The molecule has 6 heteroatoms. The zero-order valence-corrected chi connectivity index (χ0v) is 16.9. The number of carbonyl (C=O) groups excluding carboxylic acids is 1. The molecule has 2 N–H and O–H groups in total. The van der Waals surface area contributed by atoms with Crippen molar-refractivity contribution in [3.8, 4) is 0 Å². The summed E-state index contributed by atoms with van der Waals surface area (Å²) in [5.41, 5.74) is 2.76. The van der Waals surface area contributed by atoms with Crippen LogP contribution >= 0.6 is 0 Å². The van der Waals surface area contributed by atoms with Crippen molar-refractivity contribution in [2.75, 3.05) is 17.2 Å². The fraction of sp³-hybridized carbons (Fsp3) is 0.261. The van der Waals surface area contributed by atoms with E-state index in [0.717, 1.165) is 11.3 Å². The van der Waals surface area contributed by atoms with Crippen LogP contribution in [0.25, 0.3) is 0 Å². The first-order chi connectivity index (χ1) is 13.9. The Balaban J connectivity index is 1.70. The van der Waals surface area contributed by atoms with Crippen LogP contribution in [-0.4, -0.2) is 22.4 Å². The van der Waals surface area contributed by atoms with Gasteiger partial charge in [0.1, 0.15) is 23.2 Å². The summed E-state index contributed by atoms with van der Waals surface area (Å²) < 4.78 is 13.7. The van der Waals surface area contributed by atoms with Crippen molar-refractivity contribution >= 4 is 17.4 Å². The quantitative estimate of drug-likeness (QED) is 0.597. The van der Waals surface area contributed by atoms with E-state index in [1.807, 2.05) is 30.3 Å². The molecule has 150 valence electrons. The van der Waals surface area contributed by atoms with E-state index >= 15 is 0 Å². The van der Waals surface area contributed by atoms with Gasteiger partial charge in [0.15, 0.2) is 0 Å². The van der Waals surface area contributed by atoms with Crippen molar-refractivity contribution in [1.82, 2.24) is 9.97 Å². The van der Waals surface area contributed by atoms with Crippen molar-refractivity contribution in [2.24, 2.45) is 0 Å². The lowest BCUT2D eigenvalue weighted by atomic mass is 10.0. The highest BCUT2D eigenvalue weighted by molar-refractivity contribution is 6.03. The molecule has 0 fully saturated rings. The van der Waals surface area contributed by atoms with E-state index in [1.165, 1.54) is 6.07 Å². The second-order valence-electron chi connectivity index (χ2n) is 7.15. The number of hydrogen-bond donors (Lipinski definition) is 2. The molecule has 0 atom stereocenters. The maximum Gasteiger partial charge on any atom is 0.274 e. The standard InChI is InChI=1S/C23H25FN4O/c1-15(2)18-9-5-7-11-20(18)28-23(29)21-14-22(27-16(3)26-21)25-13-12-17-8-4-6-10-19(17)24/h4-11,14-15H,12-13H2,1-3H3,(H,28,29)(H,25,26,27). The number of aryl methyl sites for hydroxylation is 1. The van der Waals surface area contributed by atoms with E-state index in [-0.39, 0.29) is 23.3 Å². The summed E-state index contributed by atoms with van der Waals surface area (Å²) in [6.07, 6.45) is 0.513. The van der Waals surface area contributed by atoms with Crippen LogP contribution in [0.5, 0.6) is 0 Å². The van der Waals surface area contributed by atoms with Gasteiger partial charge in [0.05, 0.1) is 0 Å². The number of amides is 1. The zero-order valence-electron chi connectivity index (χ0n) is 16.9. The van der Waals surface area contributed by atoms with E-state index in [1.54, 1.807) is 25.1 Å². The van der Waals surface area contributed by atoms with E-state index in [0.29, 0.717) is 30.2 Å². The number of hydrogen-bond acceptors (Lipinski definition) is 4. The molecular weight excluding hydrogens is 367 g/mol. The predicted octanol–water partition coefficient (Wildman–Crippen LogP) is 4.95. The zero-order chi connectivity index (χ0) is 20.8. The van der Waals surface area contributed by atoms with Crippen molar-refractivity contribution in [3.63, 3.8) is 0 Å². The molecule has 0 bridgehead atoms. The average molecular weight is 392 g/mol. The maximum atomic E-state index is 13.7. The Morgan fingerprint density at radius 3 is 2.55 bits per heavy atom. The van der Waals surface area contributed by atoms with Crippen molar-refractivity contribution < 1.29 is 9.18 Å². The largest absolute Gasteiger partial charge is 0.370 e. The molecule has 0 unspecified atom stereocenters. The van der Waals surface area contributed by atoms with E-state index < -0.39 is 0 Å². The van der Waals surface area contributed by atoms with Crippen molar-refractivity contribution in [2.45, 2.75) is 33.1 Å². The number of para-hydroxylation sites is 1. The summed E-state index contributed by atoms with van der Waals surface area (Å²) in [5, 5.41) is 6.10. The second-order valence-corrected chi connectivity index (χ2v) is 7.15. The molecule has 0 aliphatic rings. The number of rotatable bonds is 7. The number of anilines is 2. The minimum absolute atomic E-state index is 0.225. The molecule has 3 aromatic rings. The molecule has 0 aliphatic carbocycles. The maximum absolute atomic E-state index is 13.7. The van der Waals surface area contributed by atoms with Gasteiger partial charge < -0.3 is 10.6 Å². The Bertz CT molecular complexity index is 1000. The van der Waals surface area contributed by atoms with Crippen LogP contribution in [0.3, 0.4) is 0 Å². The minimum Gasteiger partial charge on any atom is -0.370 e. The molecule has 2 aromatic carbocycles. The molecule has 1 amide bonds. The molecular formula is C23H25FN4O. The van der Waals surface area contributed by atoms with E-state index in [4.69, 9.17) is 0 Å². The highest BCUT2D eigenvalue weighted by atomic mass is 19.1. The van der Waals surface area contributed by atoms with Gasteiger partial charge in [-0.2, -0.15) is 0 Å². The van der Waals surface area contributed by atoms with Gasteiger partial charge >= 0.3 is 0 Å². The Morgan fingerprint density at radius 2 is 1.79 bits per heavy atom. The van der Waals surface area contributed by atoms with Crippen LogP contribution in [0.2, 0.25) is 0 Å². The van der Waals surface area contributed by atoms with Gasteiger partial charge in [-0.25, -0.2) is 14.4 Å². The number of aromatic nitrogens is 2.